The number of benzene rings is 10. The van der Waals surface area contributed by atoms with Crippen molar-refractivity contribution in [3.05, 3.63) is 236 Å². The maximum absolute atomic E-state index is 7.10. The van der Waals surface area contributed by atoms with Crippen LogP contribution in [0.2, 0.25) is 0 Å². The summed E-state index contributed by atoms with van der Waals surface area (Å²) >= 11 is 0. The summed E-state index contributed by atoms with van der Waals surface area (Å²) in [7, 11) is 0. The Hall–Kier alpha value is -8.08. The van der Waals surface area contributed by atoms with E-state index in [1.165, 1.54) is 11.1 Å². The molecular formula is C58H43N3O. The van der Waals surface area contributed by atoms with Crippen LogP contribution < -0.4 is 14.7 Å². The average Bonchev–Trinajstić information content (AvgIpc) is 3.71. The van der Waals surface area contributed by atoms with Gasteiger partial charge in [-0.15, -0.1) is 0 Å². The molecule has 4 nitrogen and oxygen atoms in total. The number of hydrogen-bond donors (Lipinski definition) is 0. The number of fused-ring (bicyclic) bond motifs is 8. The predicted molar refractivity (Wildman–Crippen MR) is 262 cm³/mol. The molecule has 4 heteroatoms. The summed E-state index contributed by atoms with van der Waals surface area (Å²) in [6.45, 7) is 4.26. The summed E-state index contributed by atoms with van der Waals surface area (Å²) in [4.78, 5) is 6.98. The SMILES string of the molecule is Cc1ccc(N(c2ccccc2)c2ccc3c(c2)oc2c4ccc(N(c5ccccc5)c5ccc(C)cc5)cc4c4cc(N(c5ccccc5)c5ccccc5)ccc4c32)cc1. The molecule has 0 atom stereocenters. The van der Waals surface area contributed by atoms with Crippen molar-refractivity contribution in [2.45, 2.75) is 13.8 Å². The molecular weight excluding hydrogens is 755 g/mol. The van der Waals surface area contributed by atoms with Crippen molar-refractivity contribution in [2.24, 2.45) is 0 Å². The Morgan fingerprint density at radius 3 is 1.02 bits per heavy atom. The van der Waals surface area contributed by atoms with Crippen molar-refractivity contribution in [2.75, 3.05) is 14.7 Å². The van der Waals surface area contributed by atoms with Gasteiger partial charge in [0.15, 0.2) is 0 Å². The Morgan fingerprint density at radius 1 is 0.274 bits per heavy atom. The lowest BCUT2D eigenvalue weighted by Gasteiger charge is -2.27. The number of hydrogen-bond acceptors (Lipinski definition) is 4. The molecule has 62 heavy (non-hydrogen) atoms. The van der Waals surface area contributed by atoms with Crippen LogP contribution in [0.5, 0.6) is 0 Å². The van der Waals surface area contributed by atoms with E-state index in [9.17, 15) is 0 Å². The first-order valence-electron chi connectivity index (χ1n) is 21.2. The topological polar surface area (TPSA) is 22.9 Å². The molecule has 0 aliphatic heterocycles. The summed E-state index contributed by atoms with van der Waals surface area (Å²) in [5.41, 5.74) is 13.9. The van der Waals surface area contributed by atoms with Crippen molar-refractivity contribution in [1.29, 1.82) is 0 Å². The lowest BCUT2D eigenvalue weighted by atomic mass is 9.95. The quantitative estimate of drug-likeness (QED) is 0.136. The Balaban J connectivity index is 1.18. The van der Waals surface area contributed by atoms with E-state index < -0.39 is 0 Å². The molecule has 0 spiro atoms. The minimum Gasteiger partial charge on any atom is -0.455 e. The van der Waals surface area contributed by atoms with Gasteiger partial charge in [-0.1, -0.05) is 114 Å². The zero-order valence-electron chi connectivity index (χ0n) is 34.6. The molecule has 0 saturated carbocycles. The van der Waals surface area contributed by atoms with E-state index in [2.05, 4.69) is 253 Å². The number of nitrogens with zero attached hydrogens (tertiary/aromatic N) is 3. The van der Waals surface area contributed by atoms with Crippen LogP contribution >= 0.6 is 0 Å². The molecule has 0 saturated heterocycles. The molecule has 296 valence electrons. The van der Waals surface area contributed by atoms with Crippen molar-refractivity contribution in [1.82, 2.24) is 0 Å². The molecule has 11 aromatic rings. The second kappa shape index (κ2) is 15.5. The van der Waals surface area contributed by atoms with Gasteiger partial charge in [-0.3, -0.25) is 0 Å². The summed E-state index contributed by atoms with van der Waals surface area (Å²) in [6.07, 6.45) is 0. The third-order valence-corrected chi connectivity index (χ3v) is 11.9. The molecule has 0 amide bonds. The van der Waals surface area contributed by atoms with E-state index in [-0.39, 0.29) is 0 Å². The van der Waals surface area contributed by atoms with Gasteiger partial charge < -0.3 is 19.1 Å². The fourth-order valence-corrected chi connectivity index (χ4v) is 8.92. The van der Waals surface area contributed by atoms with E-state index in [1.807, 2.05) is 0 Å². The van der Waals surface area contributed by atoms with Crippen LogP contribution in [-0.4, -0.2) is 0 Å². The summed E-state index contributed by atoms with van der Waals surface area (Å²) < 4.78 is 7.10. The summed E-state index contributed by atoms with van der Waals surface area (Å²) in [5.74, 6) is 0. The van der Waals surface area contributed by atoms with Crippen LogP contribution in [-0.2, 0) is 0 Å². The number of para-hydroxylation sites is 4. The monoisotopic (exact) mass is 797 g/mol. The van der Waals surface area contributed by atoms with Crippen LogP contribution in [0, 0.1) is 13.8 Å². The lowest BCUT2D eigenvalue weighted by Crippen LogP contribution is -2.10. The van der Waals surface area contributed by atoms with E-state index in [0.717, 1.165) is 94.7 Å². The first-order chi connectivity index (χ1) is 30.6. The predicted octanol–water partition coefficient (Wildman–Crippen LogP) is 16.9. The van der Waals surface area contributed by atoms with Crippen molar-refractivity contribution < 1.29 is 4.42 Å². The highest BCUT2D eigenvalue weighted by Gasteiger charge is 2.22. The van der Waals surface area contributed by atoms with Gasteiger partial charge in [0.05, 0.1) is 0 Å². The highest BCUT2D eigenvalue weighted by Crippen LogP contribution is 2.47. The van der Waals surface area contributed by atoms with Crippen molar-refractivity contribution in [3.8, 4) is 0 Å². The van der Waals surface area contributed by atoms with Crippen LogP contribution in [0.4, 0.5) is 51.2 Å². The standard InChI is InChI=1S/C58H43N3O/c1-40-23-27-46(28-24-40)60(44-19-11-5-12-20-44)49-32-35-52-55(38-49)54-37-48(59(42-15-7-3-8-16-42)43-17-9-4-10-18-43)31-34-51(54)57-53-36-33-50(39-56(53)62-58(52)57)61(45-21-13-6-14-22-45)47-29-25-41(2)26-30-47/h3-39H,1-2H3. The van der Waals surface area contributed by atoms with Gasteiger partial charge in [0.25, 0.3) is 0 Å². The van der Waals surface area contributed by atoms with E-state index >= 15 is 0 Å². The fourth-order valence-electron chi connectivity index (χ4n) is 8.92. The maximum Gasteiger partial charge on any atom is 0.143 e. The Morgan fingerprint density at radius 2 is 0.597 bits per heavy atom. The molecule has 0 N–H and O–H groups in total. The lowest BCUT2D eigenvalue weighted by molar-refractivity contribution is 0.673. The second-order valence-corrected chi connectivity index (χ2v) is 16.0. The molecule has 0 radical (unpaired) electrons. The first-order valence-corrected chi connectivity index (χ1v) is 21.2. The number of rotatable bonds is 9. The molecule has 0 fully saturated rings. The van der Waals surface area contributed by atoms with Gasteiger partial charge in [-0.05, 0) is 145 Å². The molecule has 1 heterocycles. The number of furan rings is 1. The van der Waals surface area contributed by atoms with Crippen LogP contribution in [0.15, 0.2) is 229 Å². The fraction of sp³-hybridized carbons (Fsp3) is 0.0345. The highest BCUT2D eigenvalue weighted by molar-refractivity contribution is 6.31. The van der Waals surface area contributed by atoms with Crippen molar-refractivity contribution >= 4 is 94.7 Å². The zero-order valence-corrected chi connectivity index (χ0v) is 34.6. The minimum absolute atomic E-state index is 0.841. The van der Waals surface area contributed by atoms with Gasteiger partial charge >= 0.3 is 0 Å². The van der Waals surface area contributed by atoms with Crippen LogP contribution in [0.25, 0.3) is 43.5 Å². The normalized spacial score (nSPS) is 11.4. The highest BCUT2D eigenvalue weighted by atomic mass is 16.3. The Labute approximate surface area is 361 Å². The summed E-state index contributed by atoms with van der Waals surface area (Å²) in [6, 6.07) is 80.3. The maximum atomic E-state index is 7.10. The van der Waals surface area contributed by atoms with Crippen LogP contribution in [0.1, 0.15) is 11.1 Å². The molecule has 0 bridgehead atoms. The smallest absolute Gasteiger partial charge is 0.143 e. The molecule has 11 rings (SSSR count). The Kier molecular flexibility index (Phi) is 9.24. The molecule has 1 aromatic heterocycles. The van der Waals surface area contributed by atoms with Gasteiger partial charge in [0.1, 0.15) is 11.2 Å². The molecule has 0 aliphatic rings. The Bertz CT molecular complexity index is 3310. The van der Waals surface area contributed by atoms with E-state index in [4.69, 9.17) is 4.42 Å². The second-order valence-electron chi connectivity index (χ2n) is 16.0. The van der Waals surface area contributed by atoms with Gasteiger partial charge in [-0.25, -0.2) is 0 Å². The molecule has 0 aliphatic carbocycles. The van der Waals surface area contributed by atoms with Crippen molar-refractivity contribution in [3.63, 3.8) is 0 Å². The largest absolute Gasteiger partial charge is 0.455 e. The third-order valence-electron chi connectivity index (χ3n) is 11.9. The van der Waals surface area contributed by atoms with E-state index in [1.54, 1.807) is 0 Å². The summed E-state index contributed by atoms with van der Waals surface area (Å²) in [5, 5.41) is 6.66. The first kappa shape index (κ1) is 37.0. The molecule has 0 unspecified atom stereocenters. The van der Waals surface area contributed by atoms with Gasteiger partial charge in [-0.2, -0.15) is 0 Å². The third kappa shape index (κ3) is 6.59. The van der Waals surface area contributed by atoms with Gasteiger partial charge in [0, 0.05) is 73.4 Å². The average molecular weight is 798 g/mol. The number of anilines is 9. The number of aryl methyl sites for hydroxylation is 2. The zero-order chi connectivity index (χ0) is 41.6. The van der Waals surface area contributed by atoms with Crippen LogP contribution in [0.3, 0.4) is 0 Å². The molecule has 10 aromatic carbocycles. The van der Waals surface area contributed by atoms with E-state index in [0.29, 0.717) is 0 Å². The van der Waals surface area contributed by atoms with Gasteiger partial charge in [0.2, 0.25) is 0 Å². The minimum atomic E-state index is 0.841.